The predicted octanol–water partition coefficient (Wildman–Crippen LogP) is 4.62. The Labute approximate surface area is 163 Å². The van der Waals surface area contributed by atoms with Gasteiger partial charge in [-0.1, -0.05) is 42.5 Å². The number of rotatable bonds is 8. The van der Waals surface area contributed by atoms with Crippen molar-refractivity contribution in [1.82, 2.24) is 4.98 Å². The van der Waals surface area contributed by atoms with Crippen LogP contribution in [0.3, 0.4) is 0 Å². The number of para-hydroxylation sites is 1. The van der Waals surface area contributed by atoms with Crippen LogP contribution < -0.4 is 0 Å². The minimum absolute atomic E-state index is 0.0468. The van der Waals surface area contributed by atoms with Crippen molar-refractivity contribution < 1.29 is 13.2 Å². The lowest BCUT2D eigenvalue weighted by Crippen LogP contribution is -2.19. The minimum atomic E-state index is -3.13. The number of Topliss-reactive ketones (excluding diaryl/α,β-unsaturated/α-hetero) is 1. The zero-order valence-electron chi connectivity index (χ0n) is 14.9. The van der Waals surface area contributed by atoms with E-state index in [0.717, 1.165) is 28.1 Å². The molecular formula is C21H21NO3S2. The van der Waals surface area contributed by atoms with E-state index in [-0.39, 0.29) is 22.7 Å². The molecule has 0 radical (unpaired) electrons. The molecule has 2 aromatic carbocycles. The topological polar surface area (TPSA) is 64.1 Å². The second-order valence-electron chi connectivity index (χ2n) is 7.07. The van der Waals surface area contributed by atoms with E-state index in [4.69, 9.17) is 0 Å². The fourth-order valence-corrected chi connectivity index (χ4v) is 6.48. The van der Waals surface area contributed by atoms with Gasteiger partial charge >= 0.3 is 0 Å². The largest absolute Gasteiger partial charge is 0.294 e. The molecule has 1 aromatic heterocycles. The summed E-state index contributed by atoms with van der Waals surface area (Å²) in [6, 6.07) is 17.0. The van der Waals surface area contributed by atoms with Crippen LogP contribution in [0.15, 0.2) is 54.6 Å². The zero-order chi connectivity index (χ0) is 18.9. The highest BCUT2D eigenvalue weighted by atomic mass is 32.2. The maximum absolute atomic E-state index is 12.6. The van der Waals surface area contributed by atoms with Gasteiger partial charge < -0.3 is 0 Å². The van der Waals surface area contributed by atoms with E-state index in [1.807, 2.05) is 42.5 Å². The van der Waals surface area contributed by atoms with Crippen LogP contribution in [0.25, 0.3) is 10.2 Å². The zero-order valence-corrected chi connectivity index (χ0v) is 16.5. The third-order valence-electron chi connectivity index (χ3n) is 4.94. The SMILES string of the molecule is O=C(CCC(CS(=O)(=O)C1CC1)c1nc2ccccc2s1)c1ccccc1. The summed E-state index contributed by atoms with van der Waals surface area (Å²) in [6.07, 6.45) is 2.35. The molecule has 1 fully saturated rings. The predicted molar refractivity (Wildman–Crippen MR) is 109 cm³/mol. The minimum Gasteiger partial charge on any atom is -0.294 e. The molecule has 27 heavy (non-hydrogen) atoms. The summed E-state index contributed by atoms with van der Waals surface area (Å²) >= 11 is 1.54. The third-order valence-corrected chi connectivity index (χ3v) is 8.49. The number of fused-ring (bicyclic) bond motifs is 1. The number of benzene rings is 2. The number of ketones is 1. The second kappa shape index (κ2) is 7.52. The van der Waals surface area contributed by atoms with Crippen LogP contribution in [-0.2, 0) is 9.84 Å². The highest BCUT2D eigenvalue weighted by Gasteiger charge is 2.38. The Bertz CT molecular complexity index is 1020. The van der Waals surface area contributed by atoms with Crippen LogP contribution in [0, 0.1) is 0 Å². The quantitative estimate of drug-likeness (QED) is 0.519. The average molecular weight is 400 g/mol. The lowest BCUT2D eigenvalue weighted by atomic mass is 10.0. The maximum atomic E-state index is 12.6. The summed E-state index contributed by atoms with van der Waals surface area (Å²) in [5, 5.41) is 0.625. The average Bonchev–Trinajstić information content (AvgIpc) is 3.45. The van der Waals surface area contributed by atoms with E-state index in [0.29, 0.717) is 18.4 Å². The van der Waals surface area contributed by atoms with Gasteiger partial charge in [0.1, 0.15) is 0 Å². The molecule has 1 aliphatic carbocycles. The molecule has 0 amide bonds. The fourth-order valence-electron chi connectivity index (χ4n) is 3.26. The molecule has 0 spiro atoms. The Morgan fingerprint density at radius 1 is 1.07 bits per heavy atom. The molecule has 1 atom stereocenters. The lowest BCUT2D eigenvalue weighted by Gasteiger charge is -2.14. The Hall–Kier alpha value is -2.05. The number of carbonyl (C=O) groups is 1. The highest BCUT2D eigenvalue weighted by molar-refractivity contribution is 7.92. The summed E-state index contributed by atoms with van der Waals surface area (Å²) in [6.45, 7) is 0. The number of carbonyl (C=O) groups excluding carboxylic acids is 1. The van der Waals surface area contributed by atoms with Gasteiger partial charge in [0, 0.05) is 17.9 Å². The van der Waals surface area contributed by atoms with E-state index in [9.17, 15) is 13.2 Å². The van der Waals surface area contributed by atoms with E-state index in [1.165, 1.54) is 11.3 Å². The van der Waals surface area contributed by atoms with Gasteiger partial charge in [0.2, 0.25) is 0 Å². The van der Waals surface area contributed by atoms with Gasteiger partial charge in [-0.15, -0.1) is 11.3 Å². The molecule has 4 rings (SSSR count). The molecule has 6 heteroatoms. The van der Waals surface area contributed by atoms with Gasteiger partial charge in [0.25, 0.3) is 0 Å². The molecule has 4 nitrogen and oxygen atoms in total. The van der Waals surface area contributed by atoms with Crippen molar-refractivity contribution in [2.24, 2.45) is 0 Å². The molecule has 1 saturated carbocycles. The Kier molecular flexibility index (Phi) is 5.10. The molecule has 0 N–H and O–H groups in total. The first-order valence-electron chi connectivity index (χ1n) is 9.18. The fraction of sp³-hybridized carbons (Fsp3) is 0.333. The van der Waals surface area contributed by atoms with Crippen molar-refractivity contribution in [3.63, 3.8) is 0 Å². The smallest absolute Gasteiger partial charge is 0.162 e. The van der Waals surface area contributed by atoms with Crippen molar-refractivity contribution in [2.75, 3.05) is 5.75 Å². The first kappa shape index (κ1) is 18.3. The number of hydrogen-bond acceptors (Lipinski definition) is 5. The van der Waals surface area contributed by atoms with E-state index in [1.54, 1.807) is 12.1 Å². The summed E-state index contributed by atoms with van der Waals surface area (Å²) in [5.41, 5.74) is 1.56. The number of aromatic nitrogens is 1. The monoisotopic (exact) mass is 399 g/mol. The van der Waals surface area contributed by atoms with Crippen molar-refractivity contribution in [2.45, 2.75) is 36.9 Å². The first-order chi connectivity index (χ1) is 13.0. The van der Waals surface area contributed by atoms with Crippen molar-refractivity contribution in [3.8, 4) is 0 Å². The van der Waals surface area contributed by atoms with Crippen LogP contribution in [-0.4, -0.2) is 30.2 Å². The van der Waals surface area contributed by atoms with Gasteiger partial charge in [-0.25, -0.2) is 13.4 Å². The molecule has 140 valence electrons. The Morgan fingerprint density at radius 3 is 2.48 bits per heavy atom. The number of thiazole rings is 1. The summed E-state index contributed by atoms with van der Waals surface area (Å²) in [5.74, 6) is -0.106. The van der Waals surface area contributed by atoms with Crippen molar-refractivity contribution in [3.05, 3.63) is 65.2 Å². The molecule has 0 aliphatic heterocycles. The second-order valence-corrected chi connectivity index (χ2v) is 10.5. The molecule has 1 unspecified atom stereocenters. The van der Waals surface area contributed by atoms with Crippen LogP contribution in [0.2, 0.25) is 0 Å². The number of nitrogens with zero attached hydrogens (tertiary/aromatic N) is 1. The highest BCUT2D eigenvalue weighted by Crippen LogP contribution is 2.36. The van der Waals surface area contributed by atoms with Gasteiger partial charge in [0.05, 0.1) is 26.2 Å². The van der Waals surface area contributed by atoms with E-state index in [2.05, 4.69) is 4.98 Å². The molecule has 1 heterocycles. The van der Waals surface area contributed by atoms with E-state index < -0.39 is 9.84 Å². The summed E-state index contributed by atoms with van der Waals surface area (Å²) < 4.78 is 26.2. The van der Waals surface area contributed by atoms with E-state index >= 15 is 0 Å². The Morgan fingerprint density at radius 2 is 1.78 bits per heavy atom. The maximum Gasteiger partial charge on any atom is 0.162 e. The number of sulfone groups is 1. The van der Waals surface area contributed by atoms with Crippen molar-refractivity contribution in [1.29, 1.82) is 0 Å². The summed E-state index contributed by atoms with van der Waals surface area (Å²) in [4.78, 5) is 17.2. The lowest BCUT2D eigenvalue weighted by molar-refractivity contribution is 0.0978. The Balaban J connectivity index is 1.56. The van der Waals surface area contributed by atoms with Gasteiger partial charge in [0.15, 0.2) is 15.6 Å². The van der Waals surface area contributed by atoms with Crippen LogP contribution in [0.4, 0.5) is 0 Å². The molecule has 1 aliphatic rings. The van der Waals surface area contributed by atoms with Gasteiger partial charge in [-0.2, -0.15) is 0 Å². The van der Waals surface area contributed by atoms with Crippen LogP contribution >= 0.6 is 11.3 Å². The number of hydrogen-bond donors (Lipinski definition) is 0. The molecular weight excluding hydrogens is 378 g/mol. The van der Waals surface area contributed by atoms with Crippen LogP contribution in [0.5, 0.6) is 0 Å². The third kappa shape index (κ3) is 4.28. The normalized spacial score (nSPS) is 15.7. The van der Waals surface area contributed by atoms with Crippen LogP contribution in [0.1, 0.15) is 47.0 Å². The molecule has 0 saturated heterocycles. The first-order valence-corrected chi connectivity index (χ1v) is 11.7. The van der Waals surface area contributed by atoms with Crippen molar-refractivity contribution >= 4 is 37.2 Å². The van der Waals surface area contributed by atoms with Gasteiger partial charge in [-0.3, -0.25) is 4.79 Å². The standard InChI is InChI=1S/C21H21NO3S2/c23-19(15-6-2-1-3-7-15)13-10-16(14-27(24,25)17-11-12-17)21-22-18-8-4-5-9-20(18)26-21/h1-9,16-17H,10-14H2. The molecule has 3 aromatic rings. The molecule has 0 bridgehead atoms. The summed E-state index contributed by atoms with van der Waals surface area (Å²) in [7, 11) is -3.13. The van der Waals surface area contributed by atoms with Gasteiger partial charge in [-0.05, 0) is 31.4 Å².